The van der Waals surface area contributed by atoms with Crippen molar-refractivity contribution in [2.45, 2.75) is 6.92 Å². The molecule has 8 heavy (non-hydrogen) atoms. The van der Waals surface area contributed by atoms with Crippen LogP contribution >= 0.6 is 15.9 Å². The molecule has 0 saturated heterocycles. The normalized spacial score (nSPS) is 11.2. The predicted octanol–water partition coefficient (Wildman–Crippen LogP) is 2.04. The largest absolute Gasteiger partial charge is 0.295 e. The lowest BCUT2D eigenvalue weighted by atomic mass is 10.4. The SMILES string of the molecule is CC(=O)/C=C/C=C\Br. The minimum Gasteiger partial charge on any atom is -0.295 e. The van der Waals surface area contributed by atoms with Crippen molar-refractivity contribution in [3.63, 3.8) is 0 Å². The van der Waals surface area contributed by atoms with E-state index in [0.29, 0.717) is 0 Å². The summed E-state index contributed by atoms with van der Waals surface area (Å²) in [6, 6.07) is 0. The van der Waals surface area contributed by atoms with Gasteiger partial charge in [-0.15, -0.1) is 0 Å². The van der Waals surface area contributed by atoms with Crippen LogP contribution < -0.4 is 0 Å². The lowest BCUT2D eigenvalue weighted by molar-refractivity contribution is -0.112. The molecule has 2 heteroatoms. The maximum atomic E-state index is 10.2. The summed E-state index contributed by atoms with van der Waals surface area (Å²) in [5.74, 6) is 0.0654. The zero-order valence-electron chi connectivity index (χ0n) is 4.60. The van der Waals surface area contributed by atoms with E-state index >= 15 is 0 Å². The third-order valence-electron chi connectivity index (χ3n) is 0.515. The summed E-state index contributed by atoms with van der Waals surface area (Å²) in [5.41, 5.74) is 0. The Kier molecular flexibility index (Phi) is 4.56. The summed E-state index contributed by atoms with van der Waals surface area (Å²) in [5, 5.41) is 0. The molecule has 0 aliphatic carbocycles. The van der Waals surface area contributed by atoms with Crippen LogP contribution in [-0.2, 0) is 4.79 Å². The second-order valence-corrected chi connectivity index (χ2v) is 1.82. The molecule has 0 fully saturated rings. The van der Waals surface area contributed by atoms with Crippen LogP contribution in [0, 0.1) is 0 Å². The number of allylic oxidation sites excluding steroid dienone is 3. The fourth-order valence-electron chi connectivity index (χ4n) is 0.233. The van der Waals surface area contributed by atoms with Crippen molar-refractivity contribution in [1.82, 2.24) is 0 Å². The Bertz CT molecular complexity index is 124. The van der Waals surface area contributed by atoms with Gasteiger partial charge in [0.05, 0.1) is 0 Å². The Balaban J connectivity index is 3.50. The van der Waals surface area contributed by atoms with Gasteiger partial charge in [0.25, 0.3) is 0 Å². The number of carbonyl (C=O) groups is 1. The quantitative estimate of drug-likeness (QED) is 0.463. The minimum absolute atomic E-state index is 0.0654. The van der Waals surface area contributed by atoms with Crippen molar-refractivity contribution in [3.8, 4) is 0 Å². The fraction of sp³-hybridized carbons (Fsp3) is 0.167. The van der Waals surface area contributed by atoms with Gasteiger partial charge in [0.2, 0.25) is 0 Å². The Morgan fingerprint density at radius 2 is 2.12 bits per heavy atom. The van der Waals surface area contributed by atoms with Gasteiger partial charge in [0.15, 0.2) is 5.78 Å². The van der Waals surface area contributed by atoms with Crippen LogP contribution in [-0.4, -0.2) is 5.78 Å². The summed E-state index contributed by atoms with van der Waals surface area (Å²) in [4.78, 5) is 11.9. The number of carbonyl (C=O) groups excluding carboxylic acids is 1. The first-order chi connectivity index (χ1) is 3.77. The molecule has 0 rings (SSSR count). The van der Waals surface area contributed by atoms with Gasteiger partial charge in [0, 0.05) is 0 Å². The Labute approximate surface area is 57.2 Å². The molecule has 0 atom stereocenters. The second-order valence-electron chi connectivity index (χ2n) is 1.29. The molecule has 0 bridgehead atoms. The van der Waals surface area contributed by atoms with Gasteiger partial charge < -0.3 is 0 Å². The number of halogens is 1. The van der Waals surface area contributed by atoms with Crippen LogP contribution in [0.3, 0.4) is 0 Å². The topological polar surface area (TPSA) is 17.1 Å². The minimum atomic E-state index is 0.0654. The lowest BCUT2D eigenvalue weighted by Crippen LogP contribution is -1.76. The van der Waals surface area contributed by atoms with Crippen molar-refractivity contribution in [3.05, 3.63) is 23.2 Å². The molecule has 0 aromatic carbocycles. The summed E-state index contributed by atoms with van der Waals surface area (Å²) >= 11 is 3.06. The third-order valence-corrected chi connectivity index (χ3v) is 0.820. The molecule has 0 saturated carbocycles. The van der Waals surface area contributed by atoms with Crippen molar-refractivity contribution in [2.75, 3.05) is 0 Å². The van der Waals surface area contributed by atoms with E-state index in [1.165, 1.54) is 13.0 Å². The standard InChI is InChI=1S/C6H7BrO/c1-6(8)4-2-3-5-7/h2-5H,1H3/b4-2+,5-3-. The van der Waals surface area contributed by atoms with Gasteiger partial charge in [-0.25, -0.2) is 0 Å². The molecule has 0 radical (unpaired) electrons. The molecule has 0 aliphatic heterocycles. The molecule has 0 aromatic rings. The van der Waals surface area contributed by atoms with E-state index in [9.17, 15) is 4.79 Å². The molecular weight excluding hydrogens is 168 g/mol. The highest BCUT2D eigenvalue weighted by Gasteiger charge is 1.75. The summed E-state index contributed by atoms with van der Waals surface area (Å²) in [7, 11) is 0. The highest BCUT2D eigenvalue weighted by atomic mass is 79.9. The van der Waals surface area contributed by atoms with Gasteiger partial charge in [-0.05, 0) is 18.0 Å². The maximum Gasteiger partial charge on any atom is 0.152 e. The Hall–Kier alpha value is -0.370. The first kappa shape index (κ1) is 7.63. The molecule has 0 aliphatic rings. The van der Waals surface area contributed by atoms with Gasteiger partial charge in [-0.2, -0.15) is 0 Å². The number of rotatable bonds is 2. The third kappa shape index (κ3) is 5.63. The smallest absolute Gasteiger partial charge is 0.152 e. The summed E-state index contributed by atoms with van der Waals surface area (Å²) < 4.78 is 0. The molecule has 0 amide bonds. The second kappa shape index (κ2) is 4.78. The van der Waals surface area contributed by atoms with Crippen molar-refractivity contribution in [2.24, 2.45) is 0 Å². The molecule has 0 aromatic heterocycles. The van der Waals surface area contributed by atoms with Crippen LogP contribution in [0.5, 0.6) is 0 Å². The molecule has 0 unspecified atom stereocenters. The van der Waals surface area contributed by atoms with Crippen molar-refractivity contribution in [1.29, 1.82) is 0 Å². The zero-order valence-corrected chi connectivity index (χ0v) is 6.18. The zero-order chi connectivity index (χ0) is 6.41. The van der Waals surface area contributed by atoms with E-state index in [4.69, 9.17) is 0 Å². The fourth-order valence-corrected chi connectivity index (χ4v) is 0.409. The van der Waals surface area contributed by atoms with Crippen LogP contribution in [0.15, 0.2) is 23.2 Å². The van der Waals surface area contributed by atoms with E-state index in [-0.39, 0.29) is 5.78 Å². The Morgan fingerprint density at radius 1 is 1.50 bits per heavy atom. The highest BCUT2D eigenvalue weighted by Crippen LogP contribution is 1.83. The average Bonchev–Trinajstić information content (AvgIpc) is 1.66. The monoisotopic (exact) mass is 174 g/mol. The first-order valence-corrected chi connectivity index (χ1v) is 3.13. The summed E-state index contributed by atoms with van der Waals surface area (Å²) in [6.07, 6.45) is 4.91. The van der Waals surface area contributed by atoms with Crippen LogP contribution in [0.25, 0.3) is 0 Å². The molecular formula is C6H7BrO. The molecule has 44 valence electrons. The van der Waals surface area contributed by atoms with Gasteiger partial charge >= 0.3 is 0 Å². The highest BCUT2D eigenvalue weighted by molar-refractivity contribution is 9.11. The molecule has 0 spiro atoms. The Morgan fingerprint density at radius 3 is 2.50 bits per heavy atom. The van der Waals surface area contributed by atoms with Crippen LogP contribution in [0.1, 0.15) is 6.92 Å². The predicted molar refractivity (Wildman–Crippen MR) is 37.9 cm³/mol. The average molecular weight is 175 g/mol. The summed E-state index contributed by atoms with van der Waals surface area (Å²) in [6.45, 7) is 1.51. The number of hydrogen-bond acceptors (Lipinski definition) is 1. The van der Waals surface area contributed by atoms with E-state index in [1.54, 1.807) is 17.1 Å². The lowest BCUT2D eigenvalue weighted by Gasteiger charge is -1.71. The molecule has 0 N–H and O–H groups in total. The van der Waals surface area contributed by atoms with Gasteiger partial charge in [-0.1, -0.05) is 28.1 Å². The van der Waals surface area contributed by atoms with E-state index < -0.39 is 0 Å². The maximum absolute atomic E-state index is 10.2. The van der Waals surface area contributed by atoms with E-state index in [2.05, 4.69) is 15.9 Å². The van der Waals surface area contributed by atoms with Crippen molar-refractivity contribution < 1.29 is 4.79 Å². The van der Waals surface area contributed by atoms with E-state index in [0.717, 1.165) is 0 Å². The number of ketones is 1. The van der Waals surface area contributed by atoms with Crippen molar-refractivity contribution >= 4 is 21.7 Å². The van der Waals surface area contributed by atoms with Crippen LogP contribution in [0.2, 0.25) is 0 Å². The molecule has 0 heterocycles. The van der Waals surface area contributed by atoms with Gasteiger partial charge in [-0.3, -0.25) is 4.79 Å². The number of hydrogen-bond donors (Lipinski definition) is 0. The molecule has 1 nitrogen and oxygen atoms in total. The van der Waals surface area contributed by atoms with Crippen LogP contribution in [0.4, 0.5) is 0 Å². The van der Waals surface area contributed by atoms with Gasteiger partial charge in [0.1, 0.15) is 0 Å². The van der Waals surface area contributed by atoms with E-state index in [1.807, 2.05) is 0 Å². The first-order valence-electron chi connectivity index (χ1n) is 2.21.